The van der Waals surface area contributed by atoms with Gasteiger partial charge in [-0.15, -0.1) is 0 Å². The van der Waals surface area contributed by atoms with Gasteiger partial charge in [-0.05, 0) is 30.7 Å². The molecular formula is C13H14BrN3O2S. The lowest BCUT2D eigenvalue weighted by atomic mass is 10.2. The minimum atomic E-state index is -3.69. The lowest BCUT2D eigenvalue weighted by Crippen LogP contribution is -2.15. The Hall–Kier alpha value is -1.60. The Morgan fingerprint density at radius 3 is 2.65 bits per heavy atom. The van der Waals surface area contributed by atoms with Gasteiger partial charge in [-0.3, -0.25) is 9.71 Å². The van der Waals surface area contributed by atoms with Gasteiger partial charge in [0, 0.05) is 23.9 Å². The maximum atomic E-state index is 12.4. The van der Waals surface area contributed by atoms with Crippen LogP contribution in [0.25, 0.3) is 0 Å². The van der Waals surface area contributed by atoms with Crippen LogP contribution in [-0.4, -0.2) is 20.4 Å². The van der Waals surface area contributed by atoms with Crippen molar-refractivity contribution in [3.05, 3.63) is 46.7 Å². The quantitative estimate of drug-likeness (QED) is 0.884. The molecule has 2 rings (SSSR count). The molecule has 1 heterocycles. The van der Waals surface area contributed by atoms with Gasteiger partial charge in [-0.25, -0.2) is 8.42 Å². The van der Waals surface area contributed by atoms with E-state index in [1.165, 1.54) is 12.4 Å². The van der Waals surface area contributed by atoms with Crippen LogP contribution in [0.1, 0.15) is 5.56 Å². The van der Waals surface area contributed by atoms with Crippen molar-refractivity contribution in [2.75, 3.05) is 17.1 Å². The van der Waals surface area contributed by atoms with Gasteiger partial charge in [0.2, 0.25) is 0 Å². The van der Waals surface area contributed by atoms with Crippen molar-refractivity contribution in [3.8, 4) is 0 Å². The van der Waals surface area contributed by atoms with Crippen LogP contribution in [0.2, 0.25) is 0 Å². The molecule has 0 aliphatic heterocycles. The smallest absolute Gasteiger partial charge is 0.265 e. The SMILES string of the molecule is CNc1ccncc1S(=O)(=O)Nc1cccc(Br)c1C. The van der Waals surface area contributed by atoms with E-state index < -0.39 is 10.0 Å². The van der Waals surface area contributed by atoms with E-state index in [0.29, 0.717) is 11.4 Å². The number of halogens is 1. The number of nitrogens with one attached hydrogen (secondary N) is 2. The van der Waals surface area contributed by atoms with Crippen LogP contribution >= 0.6 is 15.9 Å². The highest BCUT2D eigenvalue weighted by atomic mass is 79.9. The van der Waals surface area contributed by atoms with Crippen LogP contribution in [0.4, 0.5) is 11.4 Å². The molecule has 0 spiro atoms. The van der Waals surface area contributed by atoms with Gasteiger partial charge in [-0.1, -0.05) is 22.0 Å². The Morgan fingerprint density at radius 2 is 1.95 bits per heavy atom. The third-order valence-corrected chi connectivity index (χ3v) is 5.11. The summed E-state index contributed by atoms with van der Waals surface area (Å²) in [7, 11) is -2.03. The van der Waals surface area contributed by atoms with Crippen molar-refractivity contribution >= 4 is 37.3 Å². The number of pyridine rings is 1. The van der Waals surface area contributed by atoms with E-state index >= 15 is 0 Å². The predicted octanol–water partition coefficient (Wildman–Crippen LogP) is 3.00. The maximum Gasteiger partial charge on any atom is 0.265 e. The van der Waals surface area contributed by atoms with Crippen molar-refractivity contribution in [1.82, 2.24) is 4.98 Å². The standard InChI is InChI=1S/C13H14BrN3O2S/c1-9-10(14)4-3-5-11(9)17-20(18,19)13-8-16-7-6-12(13)15-2/h3-8,17H,1-2H3,(H,15,16). The second-order valence-corrected chi connectivity index (χ2v) is 6.64. The largest absolute Gasteiger partial charge is 0.387 e. The summed E-state index contributed by atoms with van der Waals surface area (Å²) in [5.41, 5.74) is 1.86. The number of anilines is 2. The highest BCUT2D eigenvalue weighted by molar-refractivity contribution is 9.10. The summed E-state index contributed by atoms with van der Waals surface area (Å²) in [5, 5.41) is 2.85. The lowest BCUT2D eigenvalue weighted by Gasteiger charge is -2.13. The minimum absolute atomic E-state index is 0.113. The molecule has 1 aromatic heterocycles. The van der Waals surface area contributed by atoms with Crippen molar-refractivity contribution < 1.29 is 8.42 Å². The third-order valence-electron chi connectivity index (χ3n) is 2.86. The first-order valence-electron chi connectivity index (χ1n) is 5.85. The summed E-state index contributed by atoms with van der Waals surface area (Å²) < 4.78 is 28.3. The van der Waals surface area contributed by atoms with E-state index in [-0.39, 0.29) is 4.90 Å². The van der Waals surface area contributed by atoms with Crippen LogP contribution in [0.5, 0.6) is 0 Å². The van der Waals surface area contributed by atoms with E-state index in [1.807, 2.05) is 13.0 Å². The van der Waals surface area contributed by atoms with E-state index in [9.17, 15) is 8.42 Å². The fourth-order valence-corrected chi connectivity index (χ4v) is 3.36. The summed E-state index contributed by atoms with van der Waals surface area (Å²) in [4.78, 5) is 3.99. The molecule has 1 aromatic carbocycles. The van der Waals surface area contributed by atoms with Crippen molar-refractivity contribution in [1.29, 1.82) is 0 Å². The molecule has 106 valence electrons. The number of nitrogens with zero attached hydrogens (tertiary/aromatic N) is 1. The molecule has 0 radical (unpaired) electrons. The highest BCUT2D eigenvalue weighted by Gasteiger charge is 2.19. The number of rotatable bonds is 4. The molecule has 0 saturated carbocycles. The minimum Gasteiger partial charge on any atom is -0.387 e. The normalized spacial score (nSPS) is 11.2. The summed E-state index contributed by atoms with van der Waals surface area (Å²) in [6, 6.07) is 6.96. The van der Waals surface area contributed by atoms with Gasteiger partial charge < -0.3 is 5.32 Å². The molecular weight excluding hydrogens is 342 g/mol. The van der Waals surface area contributed by atoms with Crippen LogP contribution in [0, 0.1) is 6.92 Å². The molecule has 5 nitrogen and oxygen atoms in total. The van der Waals surface area contributed by atoms with E-state index in [4.69, 9.17) is 0 Å². The van der Waals surface area contributed by atoms with Crippen molar-refractivity contribution in [3.63, 3.8) is 0 Å². The first-order valence-corrected chi connectivity index (χ1v) is 8.13. The zero-order valence-electron chi connectivity index (χ0n) is 11.0. The Bertz CT molecular complexity index is 732. The molecule has 0 aliphatic rings. The summed E-state index contributed by atoms with van der Waals surface area (Å²) in [6.45, 7) is 1.84. The second kappa shape index (κ2) is 5.80. The Morgan fingerprint density at radius 1 is 1.20 bits per heavy atom. The summed E-state index contributed by atoms with van der Waals surface area (Å²) in [5.74, 6) is 0. The topological polar surface area (TPSA) is 71.1 Å². The monoisotopic (exact) mass is 355 g/mol. The summed E-state index contributed by atoms with van der Waals surface area (Å²) >= 11 is 3.38. The number of sulfonamides is 1. The average Bonchev–Trinajstić information content (AvgIpc) is 2.43. The molecule has 2 aromatic rings. The first-order chi connectivity index (χ1) is 9.45. The molecule has 0 amide bonds. The van der Waals surface area contributed by atoms with Crippen LogP contribution in [-0.2, 0) is 10.0 Å². The van der Waals surface area contributed by atoms with E-state index in [2.05, 4.69) is 31.0 Å². The van der Waals surface area contributed by atoms with Gasteiger partial charge in [-0.2, -0.15) is 0 Å². The van der Waals surface area contributed by atoms with Crippen molar-refractivity contribution in [2.24, 2.45) is 0 Å². The molecule has 0 bridgehead atoms. The van der Waals surface area contributed by atoms with E-state index in [1.54, 1.807) is 25.2 Å². The molecule has 0 unspecified atom stereocenters. The predicted molar refractivity (Wildman–Crippen MR) is 83.5 cm³/mol. The fraction of sp³-hybridized carbons (Fsp3) is 0.154. The molecule has 7 heteroatoms. The van der Waals surface area contributed by atoms with Crippen LogP contribution in [0.3, 0.4) is 0 Å². The molecule has 20 heavy (non-hydrogen) atoms. The molecule has 0 aliphatic carbocycles. The first kappa shape index (κ1) is 14.8. The van der Waals surface area contributed by atoms with Crippen LogP contribution in [0.15, 0.2) is 46.0 Å². The zero-order chi connectivity index (χ0) is 14.8. The number of aromatic nitrogens is 1. The molecule has 0 fully saturated rings. The lowest BCUT2D eigenvalue weighted by molar-refractivity contribution is 0.601. The van der Waals surface area contributed by atoms with Gasteiger partial charge in [0.1, 0.15) is 4.90 Å². The number of hydrogen-bond donors (Lipinski definition) is 2. The van der Waals surface area contributed by atoms with Crippen LogP contribution < -0.4 is 10.0 Å². The Kier molecular flexibility index (Phi) is 4.29. The van der Waals surface area contributed by atoms with Gasteiger partial charge in [0.25, 0.3) is 10.0 Å². The molecule has 0 atom stereocenters. The molecule has 2 N–H and O–H groups in total. The van der Waals surface area contributed by atoms with E-state index in [0.717, 1.165) is 10.0 Å². The second-order valence-electron chi connectivity index (χ2n) is 4.14. The van der Waals surface area contributed by atoms with Gasteiger partial charge >= 0.3 is 0 Å². The fourth-order valence-electron chi connectivity index (χ4n) is 1.72. The third kappa shape index (κ3) is 2.94. The Labute approximate surface area is 126 Å². The maximum absolute atomic E-state index is 12.4. The van der Waals surface area contributed by atoms with Crippen molar-refractivity contribution in [2.45, 2.75) is 11.8 Å². The average molecular weight is 356 g/mol. The molecule has 0 saturated heterocycles. The Balaban J connectivity index is 2.44. The van der Waals surface area contributed by atoms with Gasteiger partial charge in [0.05, 0.1) is 11.4 Å². The highest BCUT2D eigenvalue weighted by Crippen LogP contribution is 2.27. The van der Waals surface area contributed by atoms with Gasteiger partial charge in [0.15, 0.2) is 0 Å². The summed E-state index contributed by atoms with van der Waals surface area (Å²) in [6.07, 6.45) is 2.86. The number of benzene rings is 1. The zero-order valence-corrected chi connectivity index (χ0v) is 13.4. The number of hydrogen-bond acceptors (Lipinski definition) is 4.